The minimum absolute atomic E-state index is 0.118. The maximum absolute atomic E-state index is 12.4. The van der Waals surface area contributed by atoms with Crippen LogP contribution in [-0.2, 0) is 23.8 Å². The van der Waals surface area contributed by atoms with Gasteiger partial charge in [-0.1, -0.05) is 12.7 Å². The Balaban J connectivity index is 1.98. The molecule has 0 saturated carbocycles. The molecule has 26 heavy (non-hydrogen) atoms. The summed E-state index contributed by atoms with van der Waals surface area (Å²) < 4.78 is 17.0. The van der Waals surface area contributed by atoms with E-state index in [-0.39, 0.29) is 11.7 Å². The van der Waals surface area contributed by atoms with Crippen LogP contribution in [0, 0.1) is 5.92 Å². The van der Waals surface area contributed by atoms with Gasteiger partial charge in [0.25, 0.3) is 0 Å². The quantitative estimate of drug-likeness (QED) is 0.351. The third kappa shape index (κ3) is 3.35. The number of carbonyl (C=O) groups is 2. The minimum atomic E-state index is -0.667. The second kappa shape index (κ2) is 6.67. The normalized spacial score (nSPS) is 42.1. The van der Waals surface area contributed by atoms with E-state index in [1.165, 1.54) is 0 Å². The van der Waals surface area contributed by atoms with Crippen LogP contribution in [0.3, 0.4) is 0 Å². The van der Waals surface area contributed by atoms with E-state index in [1.807, 2.05) is 6.92 Å². The van der Waals surface area contributed by atoms with Crippen LogP contribution in [0.5, 0.6) is 0 Å². The summed E-state index contributed by atoms with van der Waals surface area (Å²) in [5.74, 6) is -1.43. The Morgan fingerprint density at radius 3 is 2.85 bits per heavy atom. The molecule has 6 heteroatoms. The molecule has 6 nitrogen and oxygen atoms in total. The molecule has 1 N–H and O–H groups in total. The van der Waals surface area contributed by atoms with Crippen molar-refractivity contribution in [3.05, 3.63) is 35.5 Å². The topological polar surface area (TPSA) is 85.4 Å². The first-order valence-electron chi connectivity index (χ1n) is 8.94. The lowest BCUT2D eigenvalue weighted by Crippen LogP contribution is -2.37. The molecule has 2 saturated heterocycles. The average Bonchev–Trinajstić information content (AvgIpc) is 3.11. The van der Waals surface area contributed by atoms with E-state index in [1.54, 1.807) is 32.9 Å². The molecule has 142 valence electrons. The first kappa shape index (κ1) is 18.9. The highest BCUT2D eigenvalue weighted by atomic mass is 16.6. The van der Waals surface area contributed by atoms with Crippen LogP contribution < -0.4 is 0 Å². The Bertz CT molecular complexity index is 705. The highest BCUT2D eigenvalue weighted by molar-refractivity contribution is 5.92. The molecule has 3 aliphatic rings. The SMILES string of the molecule is C=C1C(=O)O[C@@H]2/C=C(\C)[C@H](O)C[C@H]3O[C@]3(C)C[C@@H](OC(=O)/C(C)=C/C)[C@@H]12. The van der Waals surface area contributed by atoms with Gasteiger partial charge in [0.2, 0.25) is 0 Å². The average molecular weight is 362 g/mol. The molecular weight excluding hydrogens is 336 g/mol. The zero-order chi connectivity index (χ0) is 19.2. The van der Waals surface area contributed by atoms with Crippen molar-refractivity contribution in [2.24, 2.45) is 5.92 Å². The number of hydrogen-bond acceptors (Lipinski definition) is 6. The molecule has 0 aromatic carbocycles. The molecule has 1 aliphatic carbocycles. The van der Waals surface area contributed by atoms with Gasteiger partial charge in [0.15, 0.2) is 0 Å². The number of allylic oxidation sites excluding steroid dienone is 1. The molecule has 0 unspecified atom stereocenters. The first-order chi connectivity index (χ1) is 12.2. The number of aliphatic hydroxyl groups excluding tert-OH is 1. The summed E-state index contributed by atoms with van der Waals surface area (Å²) >= 11 is 0. The second-order valence-electron chi connectivity index (χ2n) is 7.62. The van der Waals surface area contributed by atoms with Crippen molar-refractivity contribution < 1.29 is 28.9 Å². The first-order valence-corrected chi connectivity index (χ1v) is 8.94. The fraction of sp³-hybridized carbons (Fsp3) is 0.600. The lowest BCUT2D eigenvalue weighted by Gasteiger charge is -2.29. The third-order valence-electron chi connectivity index (χ3n) is 5.71. The van der Waals surface area contributed by atoms with E-state index in [4.69, 9.17) is 14.2 Å². The smallest absolute Gasteiger partial charge is 0.334 e. The molecule has 0 spiro atoms. The predicted molar refractivity (Wildman–Crippen MR) is 94.1 cm³/mol. The van der Waals surface area contributed by atoms with E-state index in [0.29, 0.717) is 24.0 Å². The number of esters is 2. The number of epoxide rings is 1. The van der Waals surface area contributed by atoms with Crippen LogP contribution in [0.1, 0.15) is 40.5 Å². The lowest BCUT2D eigenvalue weighted by atomic mass is 9.82. The summed E-state index contributed by atoms with van der Waals surface area (Å²) in [6.45, 7) is 11.0. The van der Waals surface area contributed by atoms with E-state index in [9.17, 15) is 14.7 Å². The van der Waals surface area contributed by atoms with E-state index >= 15 is 0 Å². The maximum atomic E-state index is 12.4. The van der Waals surface area contributed by atoms with E-state index in [0.717, 1.165) is 0 Å². The van der Waals surface area contributed by atoms with Gasteiger partial charge in [-0.15, -0.1) is 0 Å². The van der Waals surface area contributed by atoms with Crippen LogP contribution in [0.15, 0.2) is 35.5 Å². The number of rotatable bonds is 2. The molecule has 6 atom stereocenters. The molecule has 2 heterocycles. The van der Waals surface area contributed by atoms with Gasteiger partial charge < -0.3 is 19.3 Å². The van der Waals surface area contributed by atoms with Crippen LogP contribution in [0.4, 0.5) is 0 Å². The Morgan fingerprint density at radius 1 is 1.50 bits per heavy atom. The number of aliphatic hydroxyl groups is 1. The van der Waals surface area contributed by atoms with Gasteiger partial charge in [-0.25, -0.2) is 9.59 Å². The Hall–Kier alpha value is -1.92. The highest BCUT2D eigenvalue weighted by Crippen LogP contribution is 2.47. The summed E-state index contributed by atoms with van der Waals surface area (Å²) in [5, 5.41) is 10.4. The van der Waals surface area contributed by atoms with Gasteiger partial charge >= 0.3 is 11.9 Å². The van der Waals surface area contributed by atoms with Crippen molar-refractivity contribution >= 4 is 11.9 Å². The van der Waals surface area contributed by atoms with E-state index in [2.05, 4.69) is 6.58 Å². The molecule has 2 aliphatic heterocycles. The van der Waals surface area contributed by atoms with Crippen molar-refractivity contribution in [1.29, 1.82) is 0 Å². The summed E-state index contributed by atoms with van der Waals surface area (Å²) in [7, 11) is 0. The fourth-order valence-corrected chi connectivity index (χ4v) is 3.70. The molecule has 0 bridgehead atoms. The standard InChI is InChI=1S/C20H26O6/c1-6-10(2)18(22)25-15-9-20(5)16(26-20)8-13(21)11(3)7-14-17(15)12(4)19(23)24-14/h6-7,13-17,21H,4,8-9H2,1-3,5H3/b10-6+,11-7+/t13-,14-,15-,16-,17+,20-/m1/s1. The lowest BCUT2D eigenvalue weighted by molar-refractivity contribution is -0.148. The second-order valence-corrected chi connectivity index (χ2v) is 7.62. The Morgan fingerprint density at radius 2 is 2.19 bits per heavy atom. The summed E-state index contributed by atoms with van der Waals surface area (Å²) in [6.07, 6.45) is 2.29. The van der Waals surface area contributed by atoms with Crippen LogP contribution in [-0.4, -0.2) is 47.1 Å². The fourth-order valence-electron chi connectivity index (χ4n) is 3.70. The number of ether oxygens (including phenoxy) is 3. The van der Waals surface area contributed by atoms with Gasteiger partial charge in [0, 0.05) is 24.0 Å². The van der Waals surface area contributed by atoms with Gasteiger partial charge in [-0.3, -0.25) is 0 Å². The summed E-state index contributed by atoms with van der Waals surface area (Å²) in [5.41, 5.74) is 0.974. The van der Waals surface area contributed by atoms with Crippen LogP contribution >= 0.6 is 0 Å². The summed E-state index contributed by atoms with van der Waals surface area (Å²) in [4.78, 5) is 24.5. The zero-order valence-corrected chi connectivity index (χ0v) is 15.7. The minimum Gasteiger partial charge on any atom is -0.458 e. The predicted octanol–water partition coefficient (Wildman–Crippen LogP) is 2.22. The van der Waals surface area contributed by atoms with Crippen molar-refractivity contribution in [1.82, 2.24) is 0 Å². The largest absolute Gasteiger partial charge is 0.458 e. The van der Waals surface area contributed by atoms with Crippen molar-refractivity contribution in [3.63, 3.8) is 0 Å². The van der Waals surface area contributed by atoms with Gasteiger partial charge in [0.1, 0.15) is 12.2 Å². The van der Waals surface area contributed by atoms with Gasteiger partial charge in [0.05, 0.1) is 23.7 Å². The zero-order valence-electron chi connectivity index (χ0n) is 15.7. The molecule has 0 amide bonds. The number of hydrogen-bond donors (Lipinski definition) is 1. The highest BCUT2D eigenvalue weighted by Gasteiger charge is 2.57. The summed E-state index contributed by atoms with van der Waals surface area (Å²) in [6, 6.07) is 0. The molecular formula is C20H26O6. The monoisotopic (exact) mass is 362 g/mol. The third-order valence-corrected chi connectivity index (χ3v) is 5.71. The number of carbonyl (C=O) groups excluding carboxylic acids is 2. The van der Waals surface area contributed by atoms with Crippen LogP contribution in [0.2, 0.25) is 0 Å². The van der Waals surface area contributed by atoms with Gasteiger partial charge in [-0.05, 0) is 39.3 Å². The van der Waals surface area contributed by atoms with Crippen LogP contribution in [0.25, 0.3) is 0 Å². The Kier molecular flexibility index (Phi) is 4.84. The maximum Gasteiger partial charge on any atom is 0.334 e. The van der Waals surface area contributed by atoms with Crippen molar-refractivity contribution in [2.75, 3.05) is 0 Å². The number of fused-ring (bicyclic) bond motifs is 2. The van der Waals surface area contributed by atoms with Crippen molar-refractivity contribution in [3.8, 4) is 0 Å². The molecule has 0 aromatic rings. The van der Waals surface area contributed by atoms with Crippen molar-refractivity contribution in [2.45, 2.75) is 70.6 Å². The molecule has 3 rings (SSSR count). The molecule has 2 fully saturated rings. The Labute approximate surface area is 153 Å². The molecule has 0 radical (unpaired) electrons. The van der Waals surface area contributed by atoms with Gasteiger partial charge in [-0.2, -0.15) is 0 Å². The molecule has 0 aromatic heterocycles. The van der Waals surface area contributed by atoms with E-state index < -0.39 is 41.8 Å².